The summed E-state index contributed by atoms with van der Waals surface area (Å²) < 4.78 is 6.25. The Labute approximate surface area is 131 Å². The summed E-state index contributed by atoms with van der Waals surface area (Å²) in [5.41, 5.74) is 8.60. The predicted octanol–water partition coefficient (Wildman–Crippen LogP) is 4.94. The molecule has 0 aliphatic carbocycles. The van der Waals surface area contributed by atoms with Gasteiger partial charge in [-0.25, -0.2) is 0 Å². The molecule has 3 nitrogen and oxygen atoms in total. The van der Waals surface area contributed by atoms with Gasteiger partial charge < -0.3 is 15.8 Å². The molecule has 3 aromatic rings. The van der Waals surface area contributed by atoms with Crippen LogP contribution in [0.5, 0.6) is 5.75 Å². The molecular formula is C17H15BrN2O. The van der Waals surface area contributed by atoms with Gasteiger partial charge in [0.2, 0.25) is 0 Å². The maximum absolute atomic E-state index is 6.07. The Morgan fingerprint density at radius 2 is 1.67 bits per heavy atom. The van der Waals surface area contributed by atoms with Gasteiger partial charge in [-0.1, -0.05) is 40.2 Å². The Morgan fingerprint density at radius 3 is 2.38 bits per heavy atom. The number of benzene rings is 3. The van der Waals surface area contributed by atoms with Crippen LogP contribution < -0.4 is 15.8 Å². The Bertz CT molecular complexity index is 802. The van der Waals surface area contributed by atoms with Gasteiger partial charge in [-0.3, -0.25) is 0 Å². The van der Waals surface area contributed by atoms with Gasteiger partial charge in [0.15, 0.2) is 0 Å². The van der Waals surface area contributed by atoms with Crippen molar-refractivity contribution in [3.63, 3.8) is 0 Å². The van der Waals surface area contributed by atoms with Crippen molar-refractivity contribution in [1.82, 2.24) is 0 Å². The van der Waals surface area contributed by atoms with Gasteiger partial charge in [-0.05, 0) is 29.7 Å². The molecule has 0 bridgehead atoms. The van der Waals surface area contributed by atoms with Crippen molar-refractivity contribution >= 4 is 43.8 Å². The second-order valence-corrected chi connectivity index (χ2v) is 5.57. The van der Waals surface area contributed by atoms with Crippen LogP contribution in [0.3, 0.4) is 0 Å². The van der Waals surface area contributed by atoms with Gasteiger partial charge in [0.05, 0.1) is 18.5 Å². The molecule has 0 radical (unpaired) electrons. The number of hydrogen-bond acceptors (Lipinski definition) is 3. The molecule has 0 amide bonds. The third-order valence-electron chi connectivity index (χ3n) is 3.40. The van der Waals surface area contributed by atoms with Crippen molar-refractivity contribution < 1.29 is 4.74 Å². The summed E-state index contributed by atoms with van der Waals surface area (Å²) in [6.07, 6.45) is 0. The van der Waals surface area contributed by atoms with Crippen LogP contribution in [0, 0.1) is 0 Å². The molecule has 3 N–H and O–H groups in total. The van der Waals surface area contributed by atoms with Crippen LogP contribution in [-0.4, -0.2) is 7.11 Å². The number of ether oxygens (including phenoxy) is 1. The Hall–Kier alpha value is -2.20. The first-order valence-electron chi connectivity index (χ1n) is 6.57. The highest BCUT2D eigenvalue weighted by Gasteiger charge is 2.06. The van der Waals surface area contributed by atoms with Gasteiger partial charge in [0.25, 0.3) is 0 Å². The second kappa shape index (κ2) is 5.66. The van der Waals surface area contributed by atoms with Crippen LogP contribution in [0.1, 0.15) is 0 Å². The number of rotatable bonds is 3. The topological polar surface area (TPSA) is 47.3 Å². The van der Waals surface area contributed by atoms with Crippen molar-refractivity contribution in [3.05, 3.63) is 59.1 Å². The summed E-state index contributed by atoms with van der Waals surface area (Å²) in [5, 5.41) is 5.69. The minimum Gasteiger partial charge on any atom is -0.497 e. The number of nitrogens with one attached hydrogen (secondary N) is 1. The van der Waals surface area contributed by atoms with E-state index in [4.69, 9.17) is 10.5 Å². The molecule has 0 heterocycles. The normalized spacial score (nSPS) is 10.6. The number of anilines is 3. The molecule has 21 heavy (non-hydrogen) atoms. The summed E-state index contributed by atoms with van der Waals surface area (Å²) in [5.74, 6) is 0.749. The summed E-state index contributed by atoms with van der Waals surface area (Å²) >= 11 is 3.58. The first kappa shape index (κ1) is 13.8. The summed E-state index contributed by atoms with van der Waals surface area (Å²) in [6.45, 7) is 0. The van der Waals surface area contributed by atoms with E-state index >= 15 is 0 Å². The zero-order chi connectivity index (χ0) is 14.8. The van der Waals surface area contributed by atoms with Crippen LogP contribution in [0.25, 0.3) is 10.8 Å². The molecule has 0 unspecified atom stereocenters. The highest BCUT2D eigenvalue weighted by molar-refractivity contribution is 9.10. The number of nitrogen functional groups attached to an aromatic ring is 1. The van der Waals surface area contributed by atoms with Crippen LogP contribution in [-0.2, 0) is 0 Å². The maximum Gasteiger partial charge on any atom is 0.121 e. The van der Waals surface area contributed by atoms with E-state index in [0.717, 1.165) is 32.4 Å². The molecule has 0 aromatic heterocycles. The van der Waals surface area contributed by atoms with Crippen molar-refractivity contribution in [2.24, 2.45) is 0 Å². The van der Waals surface area contributed by atoms with E-state index in [-0.39, 0.29) is 0 Å². The van der Waals surface area contributed by atoms with E-state index in [1.807, 2.05) is 42.5 Å². The van der Waals surface area contributed by atoms with Gasteiger partial charge in [0, 0.05) is 21.6 Å². The Kier molecular flexibility index (Phi) is 3.71. The van der Waals surface area contributed by atoms with E-state index in [9.17, 15) is 0 Å². The van der Waals surface area contributed by atoms with E-state index in [1.165, 1.54) is 0 Å². The minimum atomic E-state index is 0.654. The first-order chi connectivity index (χ1) is 10.2. The minimum absolute atomic E-state index is 0.654. The molecule has 3 rings (SSSR count). The number of hydrogen-bond donors (Lipinski definition) is 2. The molecule has 0 aliphatic rings. The standard InChI is InChI=1S/C17H15BrN2O/c1-21-11-6-8-17(15(19)10-11)20-16-9-7-14(18)12-4-2-3-5-13(12)16/h2-10,20H,19H2,1H3. The lowest BCUT2D eigenvalue weighted by atomic mass is 10.1. The zero-order valence-corrected chi connectivity index (χ0v) is 13.1. The van der Waals surface area contributed by atoms with Crippen molar-refractivity contribution in [1.29, 1.82) is 0 Å². The Balaban J connectivity index is 2.04. The molecule has 3 aromatic carbocycles. The van der Waals surface area contributed by atoms with Gasteiger partial charge in [-0.2, -0.15) is 0 Å². The first-order valence-corrected chi connectivity index (χ1v) is 7.36. The molecule has 0 atom stereocenters. The largest absolute Gasteiger partial charge is 0.497 e. The fourth-order valence-corrected chi connectivity index (χ4v) is 2.78. The van der Waals surface area contributed by atoms with Gasteiger partial charge in [0.1, 0.15) is 5.75 Å². The predicted molar refractivity (Wildman–Crippen MR) is 92.3 cm³/mol. The average molecular weight is 343 g/mol. The second-order valence-electron chi connectivity index (χ2n) is 4.72. The van der Waals surface area contributed by atoms with Gasteiger partial charge >= 0.3 is 0 Å². The molecule has 0 fully saturated rings. The monoisotopic (exact) mass is 342 g/mol. The van der Waals surface area contributed by atoms with E-state index in [2.05, 4.69) is 33.4 Å². The number of nitrogens with two attached hydrogens (primary N) is 1. The molecular weight excluding hydrogens is 328 g/mol. The molecule has 0 spiro atoms. The SMILES string of the molecule is COc1ccc(Nc2ccc(Br)c3ccccc23)c(N)c1. The van der Waals surface area contributed by atoms with E-state index < -0.39 is 0 Å². The smallest absolute Gasteiger partial charge is 0.121 e. The fourth-order valence-electron chi connectivity index (χ4n) is 2.30. The average Bonchev–Trinajstić information content (AvgIpc) is 2.52. The van der Waals surface area contributed by atoms with Gasteiger partial charge in [-0.15, -0.1) is 0 Å². The molecule has 0 aliphatic heterocycles. The summed E-state index contributed by atoms with van der Waals surface area (Å²) in [6, 6.07) is 17.9. The number of methoxy groups -OCH3 is 1. The van der Waals surface area contributed by atoms with Crippen molar-refractivity contribution in [2.45, 2.75) is 0 Å². The number of halogens is 1. The quantitative estimate of drug-likeness (QED) is 0.663. The molecule has 4 heteroatoms. The molecule has 0 saturated heterocycles. The lowest BCUT2D eigenvalue weighted by Gasteiger charge is -2.13. The fraction of sp³-hybridized carbons (Fsp3) is 0.0588. The zero-order valence-electron chi connectivity index (χ0n) is 11.6. The highest BCUT2D eigenvalue weighted by atomic mass is 79.9. The maximum atomic E-state index is 6.07. The third-order valence-corrected chi connectivity index (χ3v) is 4.09. The highest BCUT2D eigenvalue weighted by Crippen LogP contribution is 2.34. The third kappa shape index (κ3) is 2.67. The van der Waals surface area contributed by atoms with Crippen LogP contribution in [0.2, 0.25) is 0 Å². The lowest BCUT2D eigenvalue weighted by molar-refractivity contribution is 0.415. The Morgan fingerprint density at radius 1 is 0.952 bits per heavy atom. The summed E-state index contributed by atoms with van der Waals surface area (Å²) in [7, 11) is 1.63. The van der Waals surface area contributed by atoms with Crippen molar-refractivity contribution in [3.8, 4) is 5.75 Å². The van der Waals surface area contributed by atoms with Crippen LogP contribution >= 0.6 is 15.9 Å². The molecule has 106 valence electrons. The van der Waals surface area contributed by atoms with Crippen molar-refractivity contribution in [2.75, 3.05) is 18.2 Å². The van der Waals surface area contributed by atoms with E-state index in [0.29, 0.717) is 5.69 Å². The summed E-state index contributed by atoms with van der Waals surface area (Å²) in [4.78, 5) is 0. The van der Waals surface area contributed by atoms with Crippen LogP contribution in [0.15, 0.2) is 59.1 Å². The molecule has 0 saturated carbocycles. The lowest BCUT2D eigenvalue weighted by Crippen LogP contribution is -1.97. The van der Waals surface area contributed by atoms with E-state index in [1.54, 1.807) is 7.11 Å². The van der Waals surface area contributed by atoms with Crippen LogP contribution in [0.4, 0.5) is 17.1 Å². The number of fused-ring (bicyclic) bond motifs is 1.